The number of H-pyrrole nitrogens is 1. The van der Waals surface area contributed by atoms with Gasteiger partial charge in [-0.05, 0) is 38.9 Å². The van der Waals surface area contributed by atoms with Gasteiger partial charge in [0.15, 0.2) is 0 Å². The molecule has 0 radical (unpaired) electrons. The number of likely N-dealkylation sites (tertiary alicyclic amines) is 1. The maximum absolute atomic E-state index is 5.86. The van der Waals surface area contributed by atoms with E-state index in [9.17, 15) is 0 Å². The number of nitrogens with zero attached hydrogens (tertiary/aromatic N) is 2. The molecular weight excluding hydrogens is 188 g/mol. The molecule has 84 valence electrons. The highest BCUT2D eigenvalue weighted by Gasteiger charge is 2.15. The number of piperidine rings is 1. The zero-order chi connectivity index (χ0) is 10.5. The van der Waals surface area contributed by atoms with E-state index in [1.54, 1.807) is 0 Å². The molecule has 4 nitrogen and oxygen atoms in total. The maximum atomic E-state index is 5.86. The normalized spacial score (nSPS) is 19.5. The second-order valence-electron chi connectivity index (χ2n) is 4.32. The van der Waals surface area contributed by atoms with Crippen molar-refractivity contribution in [2.24, 2.45) is 5.73 Å². The Labute approximate surface area is 90.9 Å². The van der Waals surface area contributed by atoms with Gasteiger partial charge in [-0.2, -0.15) is 0 Å². The number of imidazole rings is 1. The predicted octanol–water partition coefficient (Wildman–Crippen LogP) is 0.765. The smallest absolute Gasteiger partial charge is 0.106 e. The SMILES string of the molecule is NC1CCN(CCCc2ncc[nH]2)CC1. The summed E-state index contributed by atoms with van der Waals surface area (Å²) >= 11 is 0. The molecule has 1 aromatic heterocycles. The molecule has 1 saturated heterocycles. The lowest BCUT2D eigenvalue weighted by Crippen LogP contribution is -2.40. The summed E-state index contributed by atoms with van der Waals surface area (Å²) in [4.78, 5) is 9.86. The zero-order valence-corrected chi connectivity index (χ0v) is 9.15. The monoisotopic (exact) mass is 208 g/mol. The topological polar surface area (TPSA) is 57.9 Å². The lowest BCUT2D eigenvalue weighted by atomic mass is 10.1. The van der Waals surface area contributed by atoms with Crippen LogP contribution in [0, 0.1) is 0 Å². The number of nitrogens with two attached hydrogens (primary N) is 1. The zero-order valence-electron chi connectivity index (χ0n) is 9.15. The maximum Gasteiger partial charge on any atom is 0.106 e. The van der Waals surface area contributed by atoms with Gasteiger partial charge in [0.25, 0.3) is 0 Å². The van der Waals surface area contributed by atoms with Crippen LogP contribution in [0.25, 0.3) is 0 Å². The van der Waals surface area contributed by atoms with E-state index in [4.69, 9.17) is 5.73 Å². The first-order valence-electron chi connectivity index (χ1n) is 5.81. The third kappa shape index (κ3) is 3.32. The molecule has 0 saturated carbocycles. The van der Waals surface area contributed by atoms with Crippen LogP contribution < -0.4 is 5.73 Å². The Hall–Kier alpha value is -0.870. The molecule has 4 heteroatoms. The van der Waals surface area contributed by atoms with E-state index in [2.05, 4.69) is 14.9 Å². The molecule has 2 rings (SSSR count). The third-order valence-electron chi connectivity index (χ3n) is 3.08. The first kappa shape index (κ1) is 10.6. The van der Waals surface area contributed by atoms with E-state index < -0.39 is 0 Å². The van der Waals surface area contributed by atoms with Crippen LogP contribution in [0.3, 0.4) is 0 Å². The summed E-state index contributed by atoms with van der Waals surface area (Å²) in [6.45, 7) is 3.51. The van der Waals surface area contributed by atoms with Gasteiger partial charge >= 0.3 is 0 Å². The van der Waals surface area contributed by atoms with Gasteiger partial charge in [-0.3, -0.25) is 0 Å². The molecule has 1 aliphatic rings. The number of rotatable bonds is 4. The summed E-state index contributed by atoms with van der Waals surface area (Å²) < 4.78 is 0. The molecule has 3 N–H and O–H groups in total. The van der Waals surface area contributed by atoms with Crippen molar-refractivity contribution in [3.8, 4) is 0 Å². The molecule has 0 atom stereocenters. The average Bonchev–Trinajstić information content (AvgIpc) is 2.74. The van der Waals surface area contributed by atoms with Gasteiger partial charge in [0, 0.05) is 24.9 Å². The Kier molecular flexibility index (Phi) is 3.75. The molecule has 0 aromatic carbocycles. The van der Waals surface area contributed by atoms with Crippen molar-refractivity contribution in [2.75, 3.05) is 19.6 Å². The van der Waals surface area contributed by atoms with Gasteiger partial charge in [-0.1, -0.05) is 0 Å². The Morgan fingerprint density at radius 1 is 1.47 bits per heavy atom. The highest BCUT2D eigenvalue weighted by molar-refractivity contribution is 4.87. The summed E-state index contributed by atoms with van der Waals surface area (Å²) in [5, 5.41) is 0. The second kappa shape index (κ2) is 5.28. The largest absolute Gasteiger partial charge is 0.349 e. The standard InChI is InChI=1S/C11H20N4/c12-10-3-8-15(9-4-10)7-1-2-11-13-5-6-14-11/h5-6,10H,1-4,7-9,12H2,(H,13,14). The Balaban J connectivity index is 1.62. The quantitative estimate of drug-likeness (QED) is 0.768. The van der Waals surface area contributed by atoms with Crippen LogP contribution in [0.2, 0.25) is 0 Å². The highest BCUT2D eigenvalue weighted by Crippen LogP contribution is 2.09. The van der Waals surface area contributed by atoms with Crippen LogP contribution in [0.4, 0.5) is 0 Å². The third-order valence-corrected chi connectivity index (χ3v) is 3.08. The van der Waals surface area contributed by atoms with Crippen molar-refractivity contribution in [2.45, 2.75) is 31.7 Å². The highest BCUT2D eigenvalue weighted by atomic mass is 15.1. The number of hydrogen-bond donors (Lipinski definition) is 2. The van der Waals surface area contributed by atoms with E-state index in [1.165, 1.54) is 26.1 Å². The lowest BCUT2D eigenvalue weighted by molar-refractivity contribution is 0.211. The minimum absolute atomic E-state index is 0.436. The molecule has 1 aromatic rings. The van der Waals surface area contributed by atoms with Crippen molar-refractivity contribution in [3.05, 3.63) is 18.2 Å². The predicted molar refractivity (Wildman–Crippen MR) is 60.6 cm³/mol. The van der Waals surface area contributed by atoms with Crippen LogP contribution >= 0.6 is 0 Å². The summed E-state index contributed by atoms with van der Waals surface area (Å²) in [5.74, 6) is 1.10. The van der Waals surface area contributed by atoms with E-state index in [0.29, 0.717) is 6.04 Å². The van der Waals surface area contributed by atoms with Crippen LogP contribution in [0.1, 0.15) is 25.1 Å². The van der Waals surface area contributed by atoms with Crippen molar-refractivity contribution in [1.82, 2.24) is 14.9 Å². The Morgan fingerprint density at radius 3 is 2.93 bits per heavy atom. The fourth-order valence-corrected chi connectivity index (χ4v) is 2.08. The van der Waals surface area contributed by atoms with Crippen molar-refractivity contribution >= 4 is 0 Å². The van der Waals surface area contributed by atoms with Crippen LogP contribution in [-0.4, -0.2) is 40.5 Å². The van der Waals surface area contributed by atoms with Crippen molar-refractivity contribution in [3.63, 3.8) is 0 Å². The molecular formula is C11H20N4. The molecule has 0 unspecified atom stereocenters. The lowest BCUT2D eigenvalue weighted by Gasteiger charge is -2.29. The molecule has 2 heterocycles. The fourth-order valence-electron chi connectivity index (χ4n) is 2.08. The molecule has 0 spiro atoms. The van der Waals surface area contributed by atoms with E-state index >= 15 is 0 Å². The van der Waals surface area contributed by atoms with E-state index in [0.717, 1.165) is 25.1 Å². The fraction of sp³-hybridized carbons (Fsp3) is 0.727. The minimum atomic E-state index is 0.436. The van der Waals surface area contributed by atoms with Gasteiger partial charge in [0.2, 0.25) is 0 Å². The van der Waals surface area contributed by atoms with Crippen molar-refractivity contribution < 1.29 is 0 Å². The summed E-state index contributed by atoms with van der Waals surface area (Å²) in [6, 6.07) is 0.436. The molecule has 1 fully saturated rings. The summed E-state index contributed by atoms with van der Waals surface area (Å²) in [5.41, 5.74) is 5.86. The molecule has 15 heavy (non-hydrogen) atoms. The van der Waals surface area contributed by atoms with Gasteiger partial charge in [-0.25, -0.2) is 4.98 Å². The van der Waals surface area contributed by atoms with Gasteiger partial charge in [0.1, 0.15) is 5.82 Å². The molecule has 0 bridgehead atoms. The number of aromatic nitrogens is 2. The second-order valence-corrected chi connectivity index (χ2v) is 4.32. The van der Waals surface area contributed by atoms with Crippen molar-refractivity contribution in [1.29, 1.82) is 0 Å². The van der Waals surface area contributed by atoms with Gasteiger partial charge in [-0.15, -0.1) is 0 Å². The molecule has 1 aliphatic heterocycles. The van der Waals surface area contributed by atoms with Crippen LogP contribution in [0.5, 0.6) is 0 Å². The molecule has 0 aliphatic carbocycles. The summed E-state index contributed by atoms with van der Waals surface area (Å²) in [7, 11) is 0. The number of aromatic amines is 1. The average molecular weight is 208 g/mol. The Bertz CT molecular complexity index is 262. The van der Waals surface area contributed by atoms with E-state index in [-0.39, 0.29) is 0 Å². The first-order chi connectivity index (χ1) is 7.34. The number of nitrogens with one attached hydrogen (secondary N) is 1. The summed E-state index contributed by atoms with van der Waals surface area (Å²) in [6.07, 6.45) is 8.24. The van der Waals surface area contributed by atoms with Gasteiger partial charge in [0.05, 0.1) is 0 Å². The van der Waals surface area contributed by atoms with E-state index in [1.807, 2.05) is 12.4 Å². The van der Waals surface area contributed by atoms with Crippen LogP contribution in [-0.2, 0) is 6.42 Å². The van der Waals surface area contributed by atoms with Gasteiger partial charge < -0.3 is 15.6 Å². The van der Waals surface area contributed by atoms with Crippen LogP contribution in [0.15, 0.2) is 12.4 Å². The number of hydrogen-bond acceptors (Lipinski definition) is 3. The Morgan fingerprint density at radius 2 is 2.27 bits per heavy atom. The number of aryl methyl sites for hydroxylation is 1. The minimum Gasteiger partial charge on any atom is -0.349 e. The first-order valence-corrected chi connectivity index (χ1v) is 5.81. The molecule has 0 amide bonds.